The number of halogens is 1. The monoisotopic (exact) mass is 435 g/mol. The molecule has 1 N–H and O–H groups in total. The van der Waals surface area contributed by atoms with Gasteiger partial charge in [0, 0.05) is 41.1 Å². The summed E-state index contributed by atoms with van der Waals surface area (Å²) >= 11 is 2.19. The summed E-state index contributed by atoms with van der Waals surface area (Å²) in [6, 6.07) is 17.5. The molecule has 3 rings (SSSR count). The first-order chi connectivity index (χ1) is 11.6. The number of amides is 2. The second kappa shape index (κ2) is 7.65. The summed E-state index contributed by atoms with van der Waals surface area (Å²) in [4.78, 5) is 28.3. The van der Waals surface area contributed by atoms with Gasteiger partial charge in [-0.1, -0.05) is 18.2 Å². The van der Waals surface area contributed by atoms with E-state index in [2.05, 4.69) is 44.9 Å². The van der Waals surface area contributed by atoms with Crippen LogP contribution in [0.4, 0.5) is 11.4 Å². The third-order valence-electron chi connectivity index (χ3n) is 3.98. The van der Waals surface area contributed by atoms with Gasteiger partial charge in [0.1, 0.15) is 0 Å². The first kappa shape index (κ1) is 16.8. The molecular weight excluding hydrogens is 417 g/mol. The van der Waals surface area contributed by atoms with Crippen LogP contribution in [0.3, 0.4) is 0 Å². The third-order valence-corrected chi connectivity index (χ3v) is 4.70. The average Bonchev–Trinajstić information content (AvgIpc) is 2.64. The van der Waals surface area contributed by atoms with Crippen LogP contribution in [-0.2, 0) is 9.59 Å². The van der Waals surface area contributed by atoms with E-state index in [1.54, 1.807) is 17.0 Å². The molecule has 0 aliphatic carbocycles. The van der Waals surface area contributed by atoms with E-state index in [1.165, 1.54) is 0 Å². The Labute approximate surface area is 154 Å². The van der Waals surface area contributed by atoms with Gasteiger partial charge in [-0.15, -0.1) is 0 Å². The normalized spacial score (nSPS) is 14.4. The van der Waals surface area contributed by atoms with E-state index in [-0.39, 0.29) is 0 Å². The van der Waals surface area contributed by atoms with Crippen molar-refractivity contribution in [3.63, 3.8) is 0 Å². The fraction of sp³-hybridized carbons (Fsp3) is 0.222. The molecule has 0 unspecified atom stereocenters. The van der Waals surface area contributed by atoms with Crippen molar-refractivity contribution in [1.29, 1.82) is 0 Å². The van der Waals surface area contributed by atoms with Crippen LogP contribution in [0, 0.1) is 3.57 Å². The molecule has 6 heteroatoms. The molecule has 1 saturated heterocycles. The summed E-state index contributed by atoms with van der Waals surface area (Å²) in [6.07, 6.45) is 0. The number of nitrogens with zero attached hydrogens (tertiary/aromatic N) is 2. The van der Waals surface area contributed by atoms with Crippen LogP contribution in [0.15, 0.2) is 54.6 Å². The molecule has 24 heavy (non-hydrogen) atoms. The molecule has 2 aromatic rings. The molecule has 2 aromatic carbocycles. The van der Waals surface area contributed by atoms with Crippen LogP contribution in [0.25, 0.3) is 0 Å². The minimum atomic E-state index is -0.579. The molecule has 0 spiro atoms. The van der Waals surface area contributed by atoms with Gasteiger partial charge in [-0.3, -0.25) is 9.59 Å². The molecule has 124 valence electrons. The smallest absolute Gasteiger partial charge is 0.313 e. The number of piperazine rings is 1. The van der Waals surface area contributed by atoms with Crippen molar-refractivity contribution >= 4 is 45.8 Å². The molecule has 1 fully saturated rings. The number of para-hydroxylation sites is 1. The molecular formula is C18H18IN3O2. The highest BCUT2D eigenvalue weighted by atomic mass is 127. The van der Waals surface area contributed by atoms with Crippen molar-refractivity contribution in [2.45, 2.75) is 0 Å². The van der Waals surface area contributed by atoms with E-state index in [9.17, 15) is 9.59 Å². The van der Waals surface area contributed by atoms with Gasteiger partial charge >= 0.3 is 11.8 Å². The molecule has 5 nitrogen and oxygen atoms in total. The maximum Gasteiger partial charge on any atom is 0.313 e. The van der Waals surface area contributed by atoms with Gasteiger partial charge in [-0.25, -0.2) is 0 Å². The number of hydrogen-bond acceptors (Lipinski definition) is 3. The van der Waals surface area contributed by atoms with Gasteiger partial charge in [0.15, 0.2) is 0 Å². The molecule has 1 aliphatic heterocycles. The highest BCUT2D eigenvalue weighted by Gasteiger charge is 2.26. The number of hydrogen-bond donors (Lipinski definition) is 1. The molecule has 0 saturated carbocycles. The SMILES string of the molecule is O=C(Nc1ccc(I)cc1)C(=O)N1CCN(c2ccccc2)CC1. The van der Waals surface area contributed by atoms with Crippen molar-refractivity contribution in [3.8, 4) is 0 Å². The minimum absolute atomic E-state index is 0.471. The summed E-state index contributed by atoms with van der Waals surface area (Å²) in [5.74, 6) is -1.05. The van der Waals surface area contributed by atoms with Gasteiger partial charge in [-0.05, 0) is 59.0 Å². The van der Waals surface area contributed by atoms with Crippen LogP contribution >= 0.6 is 22.6 Å². The first-order valence-electron chi connectivity index (χ1n) is 7.79. The predicted molar refractivity (Wildman–Crippen MR) is 103 cm³/mol. The zero-order valence-corrected chi connectivity index (χ0v) is 15.3. The lowest BCUT2D eigenvalue weighted by molar-refractivity contribution is -0.143. The number of carbonyl (C=O) groups excluding carboxylic acids is 2. The maximum absolute atomic E-state index is 12.3. The van der Waals surface area contributed by atoms with Gasteiger partial charge in [0.05, 0.1) is 0 Å². The number of rotatable bonds is 2. The van der Waals surface area contributed by atoms with E-state index in [1.807, 2.05) is 30.3 Å². The lowest BCUT2D eigenvalue weighted by Crippen LogP contribution is -2.51. The van der Waals surface area contributed by atoms with Gasteiger partial charge < -0.3 is 15.1 Å². The Kier molecular flexibility index (Phi) is 5.34. The van der Waals surface area contributed by atoms with Crippen LogP contribution in [0.5, 0.6) is 0 Å². The van der Waals surface area contributed by atoms with Gasteiger partial charge in [0.25, 0.3) is 0 Å². The largest absolute Gasteiger partial charge is 0.368 e. The topological polar surface area (TPSA) is 52.7 Å². The fourth-order valence-electron chi connectivity index (χ4n) is 2.67. The second-order valence-electron chi connectivity index (χ2n) is 5.58. The summed E-state index contributed by atoms with van der Waals surface area (Å²) in [5, 5.41) is 2.66. The fourth-order valence-corrected chi connectivity index (χ4v) is 3.03. The standard InChI is InChI=1S/C18H18IN3O2/c19-14-6-8-15(9-7-14)20-17(23)18(24)22-12-10-21(11-13-22)16-4-2-1-3-5-16/h1-9H,10-13H2,(H,20,23). The molecule has 1 heterocycles. The summed E-state index contributed by atoms with van der Waals surface area (Å²) in [6.45, 7) is 2.56. The van der Waals surface area contributed by atoms with E-state index in [0.29, 0.717) is 18.8 Å². The van der Waals surface area contributed by atoms with Crippen molar-refractivity contribution < 1.29 is 9.59 Å². The Hall–Kier alpha value is -2.09. The Morgan fingerprint density at radius 3 is 2.12 bits per heavy atom. The van der Waals surface area contributed by atoms with Crippen LogP contribution in [-0.4, -0.2) is 42.9 Å². The summed E-state index contributed by atoms with van der Waals surface area (Å²) in [5.41, 5.74) is 1.78. The molecule has 2 amide bonds. The lowest BCUT2D eigenvalue weighted by atomic mass is 10.2. The predicted octanol–water partition coefficient (Wildman–Crippen LogP) is 2.58. The van der Waals surface area contributed by atoms with Crippen LogP contribution in [0.1, 0.15) is 0 Å². The molecule has 0 atom stereocenters. The Morgan fingerprint density at radius 2 is 1.50 bits per heavy atom. The first-order valence-corrected chi connectivity index (χ1v) is 8.87. The highest BCUT2D eigenvalue weighted by Crippen LogP contribution is 2.16. The molecule has 0 aromatic heterocycles. The Morgan fingerprint density at radius 1 is 0.875 bits per heavy atom. The van der Waals surface area contributed by atoms with Crippen LogP contribution < -0.4 is 10.2 Å². The average molecular weight is 435 g/mol. The molecule has 0 bridgehead atoms. The summed E-state index contributed by atoms with van der Waals surface area (Å²) < 4.78 is 1.08. The Bertz CT molecular complexity index is 711. The van der Waals surface area contributed by atoms with E-state index < -0.39 is 11.8 Å². The summed E-state index contributed by atoms with van der Waals surface area (Å²) in [7, 11) is 0. The van der Waals surface area contributed by atoms with Crippen molar-refractivity contribution in [2.75, 3.05) is 36.4 Å². The van der Waals surface area contributed by atoms with Gasteiger partial charge in [-0.2, -0.15) is 0 Å². The van der Waals surface area contributed by atoms with Gasteiger partial charge in [0.2, 0.25) is 0 Å². The quantitative estimate of drug-likeness (QED) is 0.583. The van der Waals surface area contributed by atoms with Crippen molar-refractivity contribution in [1.82, 2.24) is 4.90 Å². The number of carbonyl (C=O) groups is 2. The van der Waals surface area contributed by atoms with E-state index >= 15 is 0 Å². The molecule has 0 radical (unpaired) electrons. The third kappa shape index (κ3) is 4.05. The maximum atomic E-state index is 12.3. The highest BCUT2D eigenvalue weighted by molar-refractivity contribution is 14.1. The number of benzene rings is 2. The van der Waals surface area contributed by atoms with Crippen LogP contribution in [0.2, 0.25) is 0 Å². The van der Waals surface area contributed by atoms with E-state index in [4.69, 9.17) is 0 Å². The second-order valence-corrected chi connectivity index (χ2v) is 6.82. The molecule has 1 aliphatic rings. The van der Waals surface area contributed by atoms with E-state index in [0.717, 1.165) is 22.3 Å². The number of anilines is 2. The lowest BCUT2D eigenvalue weighted by Gasteiger charge is -2.35. The number of nitrogens with one attached hydrogen (secondary N) is 1. The van der Waals surface area contributed by atoms with Crippen molar-refractivity contribution in [2.24, 2.45) is 0 Å². The zero-order valence-electron chi connectivity index (χ0n) is 13.1. The zero-order chi connectivity index (χ0) is 16.9. The van der Waals surface area contributed by atoms with Crippen molar-refractivity contribution in [3.05, 3.63) is 58.2 Å². The Balaban J connectivity index is 1.54. The minimum Gasteiger partial charge on any atom is -0.368 e.